The fraction of sp³-hybridized carbons (Fsp3) is 0.417. The molecule has 0 aliphatic carbocycles. The lowest BCUT2D eigenvalue weighted by Gasteiger charge is -1.99. The van der Waals surface area contributed by atoms with Crippen LogP contribution < -0.4 is 5.32 Å². The maximum atomic E-state index is 5.23. The van der Waals surface area contributed by atoms with E-state index in [1.165, 1.54) is 0 Å². The third kappa shape index (κ3) is 2.97. The minimum atomic E-state index is 0.745. The average Bonchev–Trinajstić information content (AvgIpc) is 2.90. The van der Waals surface area contributed by atoms with E-state index in [1.54, 1.807) is 6.26 Å². The van der Waals surface area contributed by atoms with Crippen molar-refractivity contribution in [2.45, 2.75) is 32.9 Å². The molecule has 0 amide bonds. The Labute approximate surface area is 95.1 Å². The molecule has 0 saturated heterocycles. The maximum absolute atomic E-state index is 5.23. The molecule has 0 aliphatic heterocycles. The van der Waals surface area contributed by atoms with Crippen molar-refractivity contribution in [3.63, 3.8) is 0 Å². The van der Waals surface area contributed by atoms with Gasteiger partial charge in [-0.3, -0.25) is 5.10 Å². The normalized spacial score (nSPS) is 10.8. The Morgan fingerprint density at radius 2 is 2.38 bits per heavy atom. The maximum Gasteiger partial charge on any atom is 0.117 e. The van der Waals surface area contributed by atoms with Crippen LogP contribution in [0.1, 0.15) is 30.5 Å². The Morgan fingerprint density at radius 1 is 1.44 bits per heavy atom. The van der Waals surface area contributed by atoms with E-state index in [0.29, 0.717) is 0 Å². The van der Waals surface area contributed by atoms with Gasteiger partial charge in [0.2, 0.25) is 0 Å². The summed E-state index contributed by atoms with van der Waals surface area (Å²) < 4.78 is 5.23. The molecule has 0 unspecified atom stereocenters. The molecule has 0 aromatic carbocycles. The van der Waals surface area contributed by atoms with Crippen LogP contribution in [-0.4, -0.2) is 10.2 Å². The smallest absolute Gasteiger partial charge is 0.117 e. The molecule has 2 N–H and O–H groups in total. The van der Waals surface area contributed by atoms with E-state index in [0.717, 1.165) is 43.1 Å². The van der Waals surface area contributed by atoms with Gasteiger partial charge in [-0.25, -0.2) is 0 Å². The van der Waals surface area contributed by atoms with E-state index in [2.05, 4.69) is 28.5 Å². The number of rotatable bonds is 6. The van der Waals surface area contributed by atoms with E-state index in [1.807, 2.05) is 12.1 Å². The van der Waals surface area contributed by atoms with Crippen LogP contribution in [0.4, 0.5) is 0 Å². The summed E-state index contributed by atoms with van der Waals surface area (Å²) in [7, 11) is 0. The molecule has 2 rings (SSSR count). The number of H-pyrrole nitrogens is 1. The van der Waals surface area contributed by atoms with E-state index in [-0.39, 0.29) is 0 Å². The predicted octanol–water partition coefficient (Wildman–Crippen LogP) is 2.25. The van der Waals surface area contributed by atoms with Gasteiger partial charge in [-0.05, 0) is 24.6 Å². The fourth-order valence-electron chi connectivity index (χ4n) is 1.62. The lowest BCUT2D eigenvalue weighted by atomic mass is 10.2. The molecule has 0 saturated carbocycles. The molecule has 0 fully saturated rings. The zero-order valence-electron chi connectivity index (χ0n) is 9.49. The third-order valence-corrected chi connectivity index (χ3v) is 2.38. The molecule has 0 spiro atoms. The molecule has 4 heteroatoms. The SMILES string of the molecule is CCCc1cc(CNCc2ccco2)[nH]n1. The van der Waals surface area contributed by atoms with Crippen LogP contribution in [0.5, 0.6) is 0 Å². The van der Waals surface area contributed by atoms with Gasteiger partial charge in [-0.2, -0.15) is 5.10 Å². The van der Waals surface area contributed by atoms with Crippen molar-refractivity contribution in [2.24, 2.45) is 0 Å². The summed E-state index contributed by atoms with van der Waals surface area (Å²) in [4.78, 5) is 0. The molecule has 0 radical (unpaired) electrons. The molecule has 2 aromatic heterocycles. The van der Waals surface area contributed by atoms with Gasteiger partial charge >= 0.3 is 0 Å². The van der Waals surface area contributed by atoms with Crippen LogP contribution in [0.2, 0.25) is 0 Å². The van der Waals surface area contributed by atoms with Gasteiger partial charge in [0.1, 0.15) is 5.76 Å². The minimum Gasteiger partial charge on any atom is -0.468 e. The van der Waals surface area contributed by atoms with Crippen molar-refractivity contribution in [1.29, 1.82) is 0 Å². The molecule has 86 valence electrons. The monoisotopic (exact) mass is 219 g/mol. The third-order valence-electron chi connectivity index (χ3n) is 2.38. The Balaban J connectivity index is 1.76. The van der Waals surface area contributed by atoms with E-state index >= 15 is 0 Å². The van der Waals surface area contributed by atoms with Gasteiger partial charge < -0.3 is 9.73 Å². The van der Waals surface area contributed by atoms with E-state index < -0.39 is 0 Å². The Morgan fingerprint density at radius 3 is 3.12 bits per heavy atom. The van der Waals surface area contributed by atoms with Gasteiger partial charge in [0.05, 0.1) is 18.5 Å². The summed E-state index contributed by atoms with van der Waals surface area (Å²) in [5.74, 6) is 0.952. The minimum absolute atomic E-state index is 0.745. The predicted molar refractivity (Wildman–Crippen MR) is 61.8 cm³/mol. The molecule has 2 heterocycles. The average molecular weight is 219 g/mol. The quantitative estimate of drug-likeness (QED) is 0.783. The first-order valence-corrected chi connectivity index (χ1v) is 5.64. The number of furan rings is 1. The summed E-state index contributed by atoms with van der Waals surface area (Å²) in [5, 5.41) is 10.6. The van der Waals surface area contributed by atoms with E-state index in [9.17, 15) is 0 Å². The second kappa shape index (κ2) is 5.51. The Hall–Kier alpha value is -1.55. The first-order valence-electron chi connectivity index (χ1n) is 5.64. The summed E-state index contributed by atoms with van der Waals surface area (Å²) in [6.45, 7) is 3.69. The van der Waals surface area contributed by atoms with Crippen molar-refractivity contribution in [3.8, 4) is 0 Å². The highest BCUT2D eigenvalue weighted by Crippen LogP contribution is 2.03. The van der Waals surface area contributed by atoms with Crippen LogP contribution in [0, 0.1) is 0 Å². The molecule has 16 heavy (non-hydrogen) atoms. The summed E-state index contributed by atoms with van der Waals surface area (Å²) in [6.07, 6.45) is 3.85. The van der Waals surface area contributed by atoms with Gasteiger partial charge in [0, 0.05) is 12.2 Å². The topological polar surface area (TPSA) is 53.9 Å². The fourth-order valence-corrected chi connectivity index (χ4v) is 1.62. The first-order chi connectivity index (χ1) is 7.88. The summed E-state index contributed by atoms with van der Waals surface area (Å²) in [6, 6.07) is 5.97. The molecular weight excluding hydrogens is 202 g/mol. The van der Waals surface area contributed by atoms with Gasteiger partial charge in [0.25, 0.3) is 0 Å². The summed E-state index contributed by atoms with van der Waals surface area (Å²) >= 11 is 0. The molecule has 2 aromatic rings. The highest BCUT2D eigenvalue weighted by molar-refractivity contribution is 5.08. The molecule has 0 atom stereocenters. The number of aryl methyl sites for hydroxylation is 1. The van der Waals surface area contributed by atoms with Crippen molar-refractivity contribution in [3.05, 3.63) is 41.6 Å². The molecule has 4 nitrogen and oxygen atoms in total. The Bertz CT molecular complexity index is 406. The highest BCUT2D eigenvalue weighted by atomic mass is 16.3. The van der Waals surface area contributed by atoms with E-state index in [4.69, 9.17) is 4.42 Å². The second-order valence-corrected chi connectivity index (χ2v) is 3.82. The molecular formula is C12H17N3O. The number of nitrogens with one attached hydrogen (secondary N) is 2. The van der Waals surface area contributed by atoms with Gasteiger partial charge in [0.15, 0.2) is 0 Å². The van der Waals surface area contributed by atoms with Crippen LogP contribution in [0.25, 0.3) is 0 Å². The molecule has 0 aliphatic rings. The lowest BCUT2D eigenvalue weighted by molar-refractivity contribution is 0.481. The highest BCUT2D eigenvalue weighted by Gasteiger charge is 2.00. The van der Waals surface area contributed by atoms with Crippen molar-refractivity contribution in [1.82, 2.24) is 15.5 Å². The zero-order valence-corrected chi connectivity index (χ0v) is 9.49. The van der Waals surface area contributed by atoms with Crippen molar-refractivity contribution < 1.29 is 4.42 Å². The second-order valence-electron chi connectivity index (χ2n) is 3.82. The standard InChI is InChI=1S/C12H17N3O/c1-2-4-10-7-11(15-14-10)8-13-9-12-5-3-6-16-12/h3,5-7,13H,2,4,8-9H2,1H3,(H,14,15). The van der Waals surface area contributed by atoms with Gasteiger partial charge in [-0.1, -0.05) is 13.3 Å². The first kappa shape index (κ1) is 11.0. The number of hydrogen-bond acceptors (Lipinski definition) is 3. The molecule has 0 bridgehead atoms. The number of hydrogen-bond donors (Lipinski definition) is 2. The van der Waals surface area contributed by atoms with Crippen LogP contribution >= 0.6 is 0 Å². The largest absolute Gasteiger partial charge is 0.468 e. The number of nitrogens with zero attached hydrogens (tertiary/aromatic N) is 1. The Kier molecular flexibility index (Phi) is 3.77. The van der Waals surface area contributed by atoms with Crippen molar-refractivity contribution in [2.75, 3.05) is 0 Å². The van der Waals surface area contributed by atoms with Crippen LogP contribution in [-0.2, 0) is 19.5 Å². The summed E-state index contributed by atoms with van der Waals surface area (Å²) in [5.41, 5.74) is 2.26. The van der Waals surface area contributed by atoms with Crippen LogP contribution in [0.15, 0.2) is 28.9 Å². The lowest BCUT2D eigenvalue weighted by Crippen LogP contribution is -2.12. The number of aromatic amines is 1. The zero-order chi connectivity index (χ0) is 11.2. The van der Waals surface area contributed by atoms with Crippen LogP contribution in [0.3, 0.4) is 0 Å². The van der Waals surface area contributed by atoms with Gasteiger partial charge in [-0.15, -0.1) is 0 Å². The number of aromatic nitrogens is 2. The van der Waals surface area contributed by atoms with Crippen molar-refractivity contribution >= 4 is 0 Å².